The van der Waals surface area contributed by atoms with Crippen LogP contribution in [0.1, 0.15) is 9.75 Å². The first-order valence-electron chi connectivity index (χ1n) is 6.95. The van der Waals surface area contributed by atoms with Gasteiger partial charge in [0.05, 0.1) is 19.5 Å². The summed E-state index contributed by atoms with van der Waals surface area (Å²) in [7, 11) is 0. The van der Waals surface area contributed by atoms with Crippen molar-refractivity contribution in [2.75, 3.05) is 0 Å². The van der Waals surface area contributed by atoms with Crippen molar-refractivity contribution in [2.24, 2.45) is 0 Å². The van der Waals surface area contributed by atoms with E-state index in [0.717, 1.165) is 9.75 Å². The summed E-state index contributed by atoms with van der Waals surface area (Å²) in [6.07, 6.45) is 11.0. The molecule has 4 rings (SSSR count). The Morgan fingerprint density at radius 2 is 1.09 bits per heavy atom. The van der Waals surface area contributed by atoms with Crippen molar-refractivity contribution in [1.29, 1.82) is 0 Å². The predicted octanol–water partition coefficient (Wildman–Crippen LogP) is 6.32. The Hall–Kier alpha value is -2.30. The van der Waals surface area contributed by atoms with Crippen molar-refractivity contribution in [3.05, 3.63) is 58.3 Å². The van der Waals surface area contributed by atoms with Gasteiger partial charge in [0, 0.05) is 20.5 Å². The van der Waals surface area contributed by atoms with Crippen LogP contribution in [0.3, 0.4) is 0 Å². The van der Waals surface area contributed by atoms with Crippen molar-refractivity contribution >= 4 is 44.8 Å². The van der Waals surface area contributed by atoms with E-state index in [1.807, 2.05) is 23.5 Å². The van der Waals surface area contributed by atoms with E-state index in [2.05, 4.69) is 48.2 Å². The van der Waals surface area contributed by atoms with Crippen LogP contribution in [-0.4, -0.2) is 0 Å². The third-order valence-corrected chi connectivity index (χ3v) is 7.18. The van der Waals surface area contributed by atoms with E-state index in [4.69, 9.17) is 12.8 Å². The average Bonchev–Trinajstić information content (AvgIpc) is 3.31. The highest BCUT2D eigenvalue weighted by Crippen LogP contribution is 2.47. The molecule has 0 spiro atoms. The summed E-state index contributed by atoms with van der Waals surface area (Å²) in [5, 5.41) is 2.54. The molecule has 0 aliphatic heterocycles. The summed E-state index contributed by atoms with van der Waals surface area (Å²) < 4.78 is 0. The molecule has 3 aromatic heterocycles. The van der Waals surface area contributed by atoms with Gasteiger partial charge < -0.3 is 0 Å². The van der Waals surface area contributed by atoms with Crippen LogP contribution in [0.15, 0.2) is 48.5 Å². The third kappa shape index (κ3) is 2.40. The molecular formula is C20H10S3. The molecule has 3 heteroatoms. The Morgan fingerprint density at radius 1 is 0.609 bits per heavy atom. The molecule has 0 N–H and O–H groups in total. The van der Waals surface area contributed by atoms with Gasteiger partial charge in [-0.05, 0) is 24.3 Å². The third-order valence-electron chi connectivity index (χ3n) is 3.56. The van der Waals surface area contributed by atoms with Gasteiger partial charge in [-0.2, -0.15) is 0 Å². The zero-order valence-corrected chi connectivity index (χ0v) is 14.4. The molecule has 0 radical (unpaired) electrons. The molecule has 0 bridgehead atoms. The van der Waals surface area contributed by atoms with Gasteiger partial charge in [0.2, 0.25) is 0 Å². The smallest absolute Gasteiger partial charge is 0.0772 e. The van der Waals surface area contributed by atoms with Crippen molar-refractivity contribution in [3.8, 4) is 44.2 Å². The quantitative estimate of drug-likeness (QED) is 0.373. The number of hydrogen-bond donors (Lipinski definition) is 0. The number of thiophene rings is 3. The van der Waals surface area contributed by atoms with Crippen LogP contribution >= 0.6 is 34.0 Å². The maximum absolute atomic E-state index is 5.51. The van der Waals surface area contributed by atoms with Gasteiger partial charge in [0.25, 0.3) is 0 Å². The number of terminal acetylenes is 2. The standard InChI is InChI=1S/C20H10S3/c1-3-13-9-11-17(21-13)19-15-7-5-6-8-16(15)20(23-19)18-12-10-14(4-2)22-18/h1-2,5-12H. The molecule has 0 amide bonds. The zero-order chi connectivity index (χ0) is 15.8. The van der Waals surface area contributed by atoms with Crippen LogP contribution < -0.4 is 0 Å². The van der Waals surface area contributed by atoms with Gasteiger partial charge in [-0.1, -0.05) is 36.1 Å². The summed E-state index contributed by atoms with van der Waals surface area (Å²) in [4.78, 5) is 6.92. The van der Waals surface area contributed by atoms with Gasteiger partial charge >= 0.3 is 0 Å². The van der Waals surface area contributed by atoms with Gasteiger partial charge in [0.15, 0.2) is 0 Å². The van der Waals surface area contributed by atoms with Gasteiger partial charge in [-0.25, -0.2) is 0 Å². The lowest BCUT2D eigenvalue weighted by atomic mass is 10.1. The molecule has 3 heterocycles. The highest BCUT2D eigenvalue weighted by Gasteiger charge is 2.16. The summed E-state index contributed by atoms with van der Waals surface area (Å²) in [5.41, 5.74) is 0. The fourth-order valence-electron chi connectivity index (χ4n) is 2.53. The topological polar surface area (TPSA) is 0 Å². The van der Waals surface area contributed by atoms with Gasteiger partial charge in [-0.3, -0.25) is 0 Å². The number of fused-ring (bicyclic) bond motifs is 1. The van der Waals surface area contributed by atoms with E-state index in [-0.39, 0.29) is 0 Å². The Labute approximate surface area is 147 Å². The summed E-state index contributed by atoms with van der Waals surface area (Å²) in [5.74, 6) is 5.44. The summed E-state index contributed by atoms with van der Waals surface area (Å²) in [6.45, 7) is 0. The monoisotopic (exact) mass is 346 g/mol. The highest BCUT2D eigenvalue weighted by molar-refractivity contribution is 7.28. The second-order valence-corrected chi connectivity index (χ2v) is 8.11. The lowest BCUT2D eigenvalue weighted by Crippen LogP contribution is -1.68. The Balaban J connectivity index is 1.96. The molecule has 0 fully saturated rings. The molecule has 0 aliphatic carbocycles. The fourth-order valence-corrected chi connectivity index (χ4v) is 5.69. The molecule has 1 aromatic carbocycles. The zero-order valence-electron chi connectivity index (χ0n) is 12.0. The largest absolute Gasteiger partial charge is 0.132 e. The van der Waals surface area contributed by atoms with Gasteiger partial charge in [0.1, 0.15) is 0 Å². The van der Waals surface area contributed by atoms with E-state index in [1.54, 1.807) is 22.7 Å². The molecule has 4 aromatic rings. The molecule has 0 atom stereocenters. The lowest BCUT2D eigenvalue weighted by Gasteiger charge is -1.94. The van der Waals surface area contributed by atoms with E-state index in [0.29, 0.717) is 0 Å². The first kappa shape index (κ1) is 14.3. The van der Waals surface area contributed by atoms with Crippen LogP contribution in [-0.2, 0) is 0 Å². The van der Waals surface area contributed by atoms with E-state index >= 15 is 0 Å². The molecule has 0 aliphatic rings. The van der Waals surface area contributed by atoms with E-state index < -0.39 is 0 Å². The van der Waals surface area contributed by atoms with Crippen LogP contribution in [0.5, 0.6) is 0 Å². The minimum Gasteiger partial charge on any atom is -0.132 e. The molecule has 23 heavy (non-hydrogen) atoms. The van der Waals surface area contributed by atoms with Crippen molar-refractivity contribution in [3.63, 3.8) is 0 Å². The maximum atomic E-state index is 5.51. The van der Waals surface area contributed by atoms with E-state index in [1.165, 1.54) is 30.3 Å². The minimum absolute atomic E-state index is 0.963. The lowest BCUT2D eigenvalue weighted by molar-refractivity contribution is 1.83. The van der Waals surface area contributed by atoms with Crippen LogP contribution in [0.25, 0.3) is 30.3 Å². The number of rotatable bonds is 2. The van der Waals surface area contributed by atoms with Crippen molar-refractivity contribution in [1.82, 2.24) is 0 Å². The van der Waals surface area contributed by atoms with Crippen LogP contribution in [0, 0.1) is 24.7 Å². The first-order valence-corrected chi connectivity index (χ1v) is 9.40. The SMILES string of the molecule is C#Cc1ccc(-c2sc(-c3ccc(C#C)s3)c3ccccc23)s1. The number of hydrogen-bond acceptors (Lipinski definition) is 3. The molecular weight excluding hydrogens is 336 g/mol. The molecule has 0 nitrogen and oxygen atoms in total. The minimum atomic E-state index is 0.963. The average molecular weight is 347 g/mol. The van der Waals surface area contributed by atoms with Crippen molar-refractivity contribution in [2.45, 2.75) is 0 Å². The Kier molecular flexibility index (Phi) is 3.56. The Morgan fingerprint density at radius 3 is 1.48 bits per heavy atom. The van der Waals surface area contributed by atoms with E-state index in [9.17, 15) is 0 Å². The predicted molar refractivity (Wildman–Crippen MR) is 104 cm³/mol. The molecule has 108 valence electrons. The summed E-state index contributed by atoms with van der Waals surface area (Å²) in [6, 6.07) is 16.8. The Bertz CT molecular complexity index is 1000. The van der Waals surface area contributed by atoms with Crippen LogP contribution in [0.2, 0.25) is 0 Å². The van der Waals surface area contributed by atoms with Gasteiger partial charge in [-0.15, -0.1) is 46.9 Å². The summed E-state index contributed by atoms with van der Waals surface area (Å²) >= 11 is 5.14. The molecule has 0 unspecified atom stereocenters. The fraction of sp³-hybridized carbons (Fsp3) is 0. The maximum Gasteiger partial charge on any atom is 0.0772 e. The second kappa shape index (κ2) is 5.72. The molecule has 0 saturated heterocycles. The first-order chi connectivity index (χ1) is 11.3. The van der Waals surface area contributed by atoms with Crippen LogP contribution in [0.4, 0.5) is 0 Å². The molecule has 0 saturated carbocycles. The number of benzene rings is 1. The highest BCUT2D eigenvalue weighted by atomic mass is 32.1. The normalized spacial score (nSPS) is 10.5. The second-order valence-electron chi connectivity index (χ2n) is 4.92. The van der Waals surface area contributed by atoms with Crippen molar-refractivity contribution < 1.29 is 0 Å².